The third-order valence-electron chi connectivity index (χ3n) is 4.07. The molecule has 1 aromatic carbocycles. The molecular weight excluding hydrogens is 302 g/mol. The Labute approximate surface area is 141 Å². The highest BCUT2D eigenvalue weighted by atomic mass is 16.2. The maximum atomic E-state index is 12.2. The van der Waals surface area contributed by atoms with Gasteiger partial charge in [0.2, 0.25) is 11.7 Å². The molecule has 0 saturated carbocycles. The maximum Gasteiger partial charge on any atom is 0.227 e. The van der Waals surface area contributed by atoms with E-state index in [4.69, 9.17) is 0 Å². The largest absolute Gasteiger partial charge is 0.312 e. The van der Waals surface area contributed by atoms with E-state index >= 15 is 0 Å². The minimum atomic E-state index is -0.170. The quantitative estimate of drug-likeness (QED) is 0.627. The number of pyridine rings is 1. The number of hydrogen-bond donors (Lipinski definition) is 0. The Bertz CT molecular complexity index is 754. The Hall–Kier alpha value is -2.82. The van der Waals surface area contributed by atoms with Crippen LogP contribution < -0.4 is 4.90 Å². The molecule has 122 valence electrons. The number of anilines is 1. The van der Waals surface area contributed by atoms with Crippen molar-refractivity contribution < 1.29 is 9.59 Å². The molecule has 3 rings (SSSR count). The number of rotatable bonds is 5. The van der Waals surface area contributed by atoms with Crippen molar-refractivity contribution in [1.29, 1.82) is 0 Å². The van der Waals surface area contributed by atoms with Gasteiger partial charge in [-0.05, 0) is 49.7 Å². The minimum Gasteiger partial charge on any atom is -0.312 e. The topological polar surface area (TPSA) is 62.6 Å². The number of carbonyl (C=O) groups is 2. The molecule has 1 fully saturated rings. The Morgan fingerprint density at radius 3 is 2.67 bits per heavy atom. The van der Waals surface area contributed by atoms with Crippen molar-refractivity contribution in [1.82, 2.24) is 4.98 Å². The van der Waals surface area contributed by atoms with Crippen molar-refractivity contribution in [2.24, 2.45) is 4.99 Å². The van der Waals surface area contributed by atoms with E-state index in [9.17, 15) is 9.59 Å². The monoisotopic (exact) mass is 321 g/mol. The van der Waals surface area contributed by atoms with E-state index in [2.05, 4.69) is 9.98 Å². The Morgan fingerprint density at radius 1 is 1.25 bits per heavy atom. The van der Waals surface area contributed by atoms with E-state index in [1.165, 1.54) is 6.21 Å². The molecule has 1 aromatic heterocycles. The van der Waals surface area contributed by atoms with Crippen LogP contribution in [0.4, 0.5) is 5.69 Å². The third-order valence-corrected chi connectivity index (χ3v) is 4.07. The van der Waals surface area contributed by atoms with Crippen LogP contribution in [-0.4, -0.2) is 29.4 Å². The minimum absolute atomic E-state index is 0.139. The average molecular weight is 321 g/mol. The van der Waals surface area contributed by atoms with Gasteiger partial charge in [-0.25, -0.2) is 0 Å². The number of ketones is 1. The first-order valence-corrected chi connectivity index (χ1v) is 8.04. The van der Waals surface area contributed by atoms with Crippen LogP contribution in [-0.2, 0) is 4.79 Å². The van der Waals surface area contributed by atoms with Crippen molar-refractivity contribution in [3.05, 3.63) is 59.9 Å². The summed E-state index contributed by atoms with van der Waals surface area (Å²) in [6.45, 7) is 2.64. The summed E-state index contributed by atoms with van der Waals surface area (Å²) in [5, 5.41) is 0. The number of Topliss-reactive ketones (excluding diaryl/α,β-unsaturated/α-hetero) is 1. The second-order valence-corrected chi connectivity index (χ2v) is 5.77. The number of hydrogen-bond acceptors (Lipinski definition) is 4. The summed E-state index contributed by atoms with van der Waals surface area (Å²) in [5.41, 5.74) is 2.22. The molecule has 0 bridgehead atoms. The summed E-state index contributed by atoms with van der Waals surface area (Å²) in [6.07, 6.45) is 4.53. The maximum absolute atomic E-state index is 12.2. The number of aromatic nitrogens is 1. The van der Waals surface area contributed by atoms with Gasteiger partial charge in [-0.2, -0.15) is 0 Å². The standard InChI is InChI=1S/C19H19N3O2/c1-14(17-5-2-3-11-20-17)21-13-18(23)15-7-9-16(10-8-15)22-12-4-6-19(22)24/h2-3,5,7-11,13-14H,4,6,12H2,1H3. The molecule has 1 saturated heterocycles. The summed E-state index contributed by atoms with van der Waals surface area (Å²) < 4.78 is 0. The van der Waals surface area contributed by atoms with Gasteiger partial charge in [0.05, 0.1) is 18.0 Å². The lowest BCUT2D eigenvalue weighted by molar-refractivity contribution is -0.117. The van der Waals surface area contributed by atoms with Gasteiger partial charge in [-0.15, -0.1) is 0 Å². The molecule has 2 aromatic rings. The van der Waals surface area contributed by atoms with E-state index < -0.39 is 0 Å². The van der Waals surface area contributed by atoms with Crippen LogP contribution in [0.15, 0.2) is 53.7 Å². The second-order valence-electron chi connectivity index (χ2n) is 5.77. The molecule has 5 heteroatoms. The van der Waals surface area contributed by atoms with Crippen LogP contribution in [0.5, 0.6) is 0 Å². The molecule has 5 nitrogen and oxygen atoms in total. The van der Waals surface area contributed by atoms with E-state index in [0.717, 1.165) is 24.3 Å². The summed E-state index contributed by atoms with van der Waals surface area (Å²) in [7, 11) is 0. The molecule has 0 spiro atoms. The van der Waals surface area contributed by atoms with Crippen molar-refractivity contribution in [2.45, 2.75) is 25.8 Å². The molecule has 24 heavy (non-hydrogen) atoms. The van der Waals surface area contributed by atoms with Crippen LogP contribution in [0.3, 0.4) is 0 Å². The van der Waals surface area contributed by atoms with Crippen LogP contribution in [0.2, 0.25) is 0 Å². The Kier molecular flexibility index (Phi) is 4.79. The summed E-state index contributed by atoms with van der Waals surface area (Å²) in [4.78, 5) is 34.2. The fraction of sp³-hybridized carbons (Fsp3) is 0.263. The molecule has 0 N–H and O–H groups in total. The van der Waals surface area contributed by atoms with Gasteiger partial charge in [-0.1, -0.05) is 6.07 Å². The van der Waals surface area contributed by atoms with Crippen LogP contribution in [0.1, 0.15) is 41.9 Å². The first-order chi connectivity index (χ1) is 11.6. The lowest BCUT2D eigenvalue weighted by Gasteiger charge is -2.15. The van der Waals surface area contributed by atoms with Crippen molar-refractivity contribution in [2.75, 3.05) is 11.4 Å². The van der Waals surface area contributed by atoms with Crippen LogP contribution >= 0.6 is 0 Å². The van der Waals surface area contributed by atoms with Gasteiger partial charge in [0.25, 0.3) is 0 Å². The number of aliphatic imine (C=N–C) groups is 1. The summed E-state index contributed by atoms with van der Waals surface area (Å²) >= 11 is 0. The van der Waals surface area contributed by atoms with E-state index in [1.54, 1.807) is 23.2 Å². The van der Waals surface area contributed by atoms with Crippen LogP contribution in [0.25, 0.3) is 0 Å². The lowest BCUT2D eigenvalue weighted by Crippen LogP contribution is -2.23. The van der Waals surface area contributed by atoms with Gasteiger partial charge in [-0.3, -0.25) is 19.6 Å². The predicted molar refractivity (Wildman–Crippen MR) is 93.5 cm³/mol. The number of benzene rings is 1. The zero-order valence-electron chi connectivity index (χ0n) is 13.6. The van der Waals surface area contributed by atoms with Gasteiger partial charge in [0.15, 0.2) is 0 Å². The number of nitrogens with zero attached hydrogens (tertiary/aromatic N) is 3. The molecule has 1 aliphatic rings. The second kappa shape index (κ2) is 7.17. The highest BCUT2D eigenvalue weighted by Crippen LogP contribution is 2.21. The molecule has 1 unspecified atom stereocenters. The van der Waals surface area contributed by atoms with Gasteiger partial charge >= 0.3 is 0 Å². The van der Waals surface area contributed by atoms with Gasteiger partial charge in [0.1, 0.15) is 0 Å². The molecule has 1 amide bonds. The van der Waals surface area contributed by atoms with E-state index in [0.29, 0.717) is 12.0 Å². The molecular formula is C19H19N3O2. The fourth-order valence-corrected chi connectivity index (χ4v) is 2.68. The molecule has 1 atom stereocenters. The average Bonchev–Trinajstić information content (AvgIpc) is 3.06. The molecule has 0 aliphatic carbocycles. The summed E-state index contributed by atoms with van der Waals surface area (Å²) in [6, 6.07) is 12.6. The van der Waals surface area contributed by atoms with Crippen molar-refractivity contribution >= 4 is 23.6 Å². The first kappa shape index (κ1) is 16.1. The third kappa shape index (κ3) is 3.56. The first-order valence-electron chi connectivity index (χ1n) is 8.04. The summed E-state index contributed by atoms with van der Waals surface area (Å²) in [5.74, 6) is -0.0168. The van der Waals surface area contributed by atoms with E-state index in [1.807, 2.05) is 37.3 Å². The molecule has 0 radical (unpaired) electrons. The number of carbonyl (C=O) groups excluding carboxylic acids is 2. The molecule has 2 heterocycles. The molecule has 1 aliphatic heterocycles. The van der Waals surface area contributed by atoms with Crippen LogP contribution in [0, 0.1) is 0 Å². The highest BCUT2D eigenvalue weighted by molar-refractivity contribution is 6.35. The zero-order valence-corrected chi connectivity index (χ0v) is 13.6. The Morgan fingerprint density at radius 2 is 2.04 bits per heavy atom. The Balaban J connectivity index is 1.67. The van der Waals surface area contributed by atoms with E-state index in [-0.39, 0.29) is 17.7 Å². The normalized spacial score (nSPS) is 15.9. The predicted octanol–water partition coefficient (Wildman–Crippen LogP) is 3.22. The zero-order chi connectivity index (χ0) is 16.9. The SMILES string of the molecule is CC(N=CC(=O)c1ccc(N2CCCC2=O)cc1)c1ccccn1. The van der Waals surface area contributed by atoms with Crippen molar-refractivity contribution in [3.8, 4) is 0 Å². The lowest BCUT2D eigenvalue weighted by atomic mass is 10.1. The fourth-order valence-electron chi connectivity index (χ4n) is 2.68. The smallest absolute Gasteiger partial charge is 0.227 e. The van der Waals surface area contributed by atoms with Crippen molar-refractivity contribution in [3.63, 3.8) is 0 Å². The number of amides is 1. The van der Waals surface area contributed by atoms with Gasteiger partial charge in [0, 0.05) is 30.4 Å². The van der Waals surface area contributed by atoms with Gasteiger partial charge < -0.3 is 4.90 Å². The highest BCUT2D eigenvalue weighted by Gasteiger charge is 2.21.